The van der Waals surface area contributed by atoms with Crippen molar-refractivity contribution in [3.8, 4) is 0 Å². The summed E-state index contributed by atoms with van der Waals surface area (Å²) in [5.41, 5.74) is -0.107. The third-order valence-electron chi connectivity index (χ3n) is 4.32. The molecular formula is C12H18O2. The van der Waals surface area contributed by atoms with E-state index in [1.165, 1.54) is 0 Å². The van der Waals surface area contributed by atoms with Crippen LogP contribution in [0.25, 0.3) is 0 Å². The second-order valence-corrected chi connectivity index (χ2v) is 5.01. The van der Waals surface area contributed by atoms with E-state index in [9.17, 15) is 9.59 Å². The first-order chi connectivity index (χ1) is 6.69. The Morgan fingerprint density at radius 2 is 2.21 bits per heavy atom. The van der Waals surface area contributed by atoms with Gasteiger partial charge in [-0.15, -0.1) is 0 Å². The van der Waals surface area contributed by atoms with Gasteiger partial charge in [-0.3, -0.25) is 4.79 Å². The fraction of sp³-hybridized carbons (Fsp3) is 0.833. The monoisotopic (exact) mass is 194 g/mol. The maximum Gasteiger partial charge on any atom is 0.139 e. The molecule has 1 spiro atoms. The molecule has 78 valence electrons. The van der Waals surface area contributed by atoms with E-state index in [-0.39, 0.29) is 11.3 Å². The van der Waals surface area contributed by atoms with Gasteiger partial charge >= 0.3 is 0 Å². The van der Waals surface area contributed by atoms with Crippen molar-refractivity contribution in [1.29, 1.82) is 0 Å². The first-order valence-corrected chi connectivity index (χ1v) is 5.67. The van der Waals surface area contributed by atoms with Crippen LogP contribution in [0.1, 0.15) is 45.4 Å². The number of carbonyl (C=O) groups is 2. The summed E-state index contributed by atoms with van der Waals surface area (Å²) in [5.74, 6) is 1.08. The van der Waals surface area contributed by atoms with Crippen molar-refractivity contribution >= 4 is 12.1 Å². The van der Waals surface area contributed by atoms with Gasteiger partial charge in [0, 0.05) is 17.8 Å². The van der Waals surface area contributed by atoms with E-state index in [1.807, 2.05) is 0 Å². The molecule has 0 radical (unpaired) electrons. The summed E-state index contributed by atoms with van der Waals surface area (Å²) in [7, 11) is 0. The van der Waals surface area contributed by atoms with Gasteiger partial charge in [-0.25, -0.2) is 0 Å². The molecule has 0 aromatic carbocycles. The van der Waals surface area contributed by atoms with Crippen molar-refractivity contribution in [2.75, 3.05) is 0 Å². The molecule has 0 aliphatic heterocycles. The van der Waals surface area contributed by atoms with Gasteiger partial charge in [0.1, 0.15) is 12.1 Å². The maximum atomic E-state index is 12.0. The fourth-order valence-corrected chi connectivity index (χ4v) is 3.30. The summed E-state index contributed by atoms with van der Waals surface area (Å²) in [5, 5.41) is 0. The first-order valence-electron chi connectivity index (χ1n) is 5.67. The van der Waals surface area contributed by atoms with E-state index < -0.39 is 0 Å². The van der Waals surface area contributed by atoms with Crippen LogP contribution in [-0.2, 0) is 9.59 Å². The van der Waals surface area contributed by atoms with Crippen LogP contribution in [0.3, 0.4) is 0 Å². The van der Waals surface area contributed by atoms with Gasteiger partial charge in [0.2, 0.25) is 0 Å². The molecule has 2 heteroatoms. The molecule has 0 aromatic rings. The van der Waals surface area contributed by atoms with Gasteiger partial charge in [-0.05, 0) is 38.0 Å². The van der Waals surface area contributed by atoms with Crippen LogP contribution in [0.15, 0.2) is 0 Å². The highest BCUT2D eigenvalue weighted by atomic mass is 16.1. The SMILES string of the molecule is C[C@H]1CCCC(=O)[C@]12CCC(C=O)C2. The number of Topliss-reactive ketones (excluding diaryl/α,β-unsaturated/α-hetero) is 1. The summed E-state index contributed by atoms with van der Waals surface area (Å²) in [6.45, 7) is 2.18. The average Bonchev–Trinajstić information content (AvgIpc) is 2.60. The molecular weight excluding hydrogens is 176 g/mol. The number of hydrogen-bond acceptors (Lipinski definition) is 2. The minimum atomic E-state index is -0.107. The molecule has 2 saturated carbocycles. The zero-order valence-electron chi connectivity index (χ0n) is 8.79. The number of hydrogen-bond donors (Lipinski definition) is 0. The van der Waals surface area contributed by atoms with E-state index >= 15 is 0 Å². The number of carbonyl (C=O) groups excluding carboxylic acids is 2. The van der Waals surface area contributed by atoms with Gasteiger partial charge in [0.25, 0.3) is 0 Å². The molecule has 0 bridgehead atoms. The standard InChI is InChI=1S/C12H18O2/c1-9-3-2-4-11(14)12(9)6-5-10(7-12)8-13/h8-10H,2-7H2,1H3/t9-,10?,12-/m0/s1. The zero-order chi connectivity index (χ0) is 10.2. The minimum Gasteiger partial charge on any atom is -0.303 e. The highest BCUT2D eigenvalue weighted by molar-refractivity contribution is 5.86. The summed E-state index contributed by atoms with van der Waals surface area (Å²) in [6.07, 6.45) is 6.72. The Labute approximate surface area is 85.1 Å². The van der Waals surface area contributed by atoms with Gasteiger partial charge in [-0.1, -0.05) is 6.92 Å². The van der Waals surface area contributed by atoms with Gasteiger partial charge in [0.05, 0.1) is 0 Å². The lowest BCUT2D eigenvalue weighted by molar-refractivity contribution is -0.134. The van der Waals surface area contributed by atoms with Crippen molar-refractivity contribution in [1.82, 2.24) is 0 Å². The number of aldehydes is 1. The largest absolute Gasteiger partial charge is 0.303 e. The molecule has 0 amide bonds. The molecule has 3 atom stereocenters. The van der Waals surface area contributed by atoms with Crippen LogP contribution in [-0.4, -0.2) is 12.1 Å². The average molecular weight is 194 g/mol. The van der Waals surface area contributed by atoms with E-state index in [0.29, 0.717) is 11.7 Å². The van der Waals surface area contributed by atoms with Crippen LogP contribution in [0.4, 0.5) is 0 Å². The summed E-state index contributed by atoms with van der Waals surface area (Å²) >= 11 is 0. The topological polar surface area (TPSA) is 34.1 Å². The zero-order valence-corrected chi connectivity index (χ0v) is 8.79. The van der Waals surface area contributed by atoms with Crippen molar-refractivity contribution in [2.45, 2.75) is 45.4 Å². The maximum absolute atomic E-state index is 12.0. The number of ketones is 1. The number of rotatable bonds is 1. The second kappa shape index (κ2) is 3.48. The van der Waals surface area contributed by atoms with Crippen molar-refractivity contribution < 1.29 is 9.59 Å². The Balaban J connectivity index is 2.20. The lowest BCUT2D eigenvalue weighted by atomic mass is 9.65. The molecule has 2 aliphatic carbocycles. The van der Waals surface area contributed by atoms with Crippen LogP contribution in [0, 0.1) is 17.3 Å². The normalized spacial score (nSPS) is 43.1. The fourth-order valence-electron chi connectivity index (χ4n) is 3.30. The van der Waals surface area contributed by atoms with Crippen molar-refractivity contribution in [3.63, 3.8) is 0 Å². The molecule has 2 fully saturated rings. The predicted octanol–water partition coefficient (Wildman–Crippen LogP) is 2.36. The Morgan fingerprint density at radius 3 is 2.79 bits per heavy atom. The minimum absolute atomic E-state index is 0.107. The van der Waals surface area contributed by atoms with Crippen molar-refractivity contribution in [2.24, 2.45) is 17.3 Å². The molecule has 1 unspecified atom stereocenters. The predicted molar refractivity (Wildman–Crippen MR) is 53.9 cm³/mol. The van der Waals surface area contributed by atoms with Crippen LogP contribution in [0.5, 0.6) is 0 Å². The molecule has 14 heavy (non-hydrogen) atoms. The third kappa shape index (κ3) is 1.32. The first kappa shape index (κ1) is 9.88. The highest BCUT2D eigenvalue weighted by Crippen LogP contribution is 2.51. The van der Waals surface area contributed by atoms with Gasteiger partial charge < -0.3 is 4.79 Å². The Kier molecular flexibility index (Phi) is 2.46. The highest BCUT2D eigenvalue weighted by Gasteiger charge is 2.49. The van der Waals surface area contributed by atoms with E-state index in [1.54, 1.807) is 0 Å². The lowest BCUT2D eigenvalue weighted by Crippen LogP contribution is -2.38. The quantitative estimate of drug-likeness (QED) is 0.600. The summed E-state index contributed by atoms with van der Waals surface area (Å²) in [6, 6.07) is 0. The van der Waals surface area contributed by atoms with Crippen LogP contribution in [0.2, 0.25) is 0 Å². The summed E-state index contributed by atoms with van der Waals surface area (Å²) < 4.78 is 0. The molecule has 0 saturated heterocycles. The smallest absolute Gasteiger partial charge is 0.139 e. The molecule has 0 N–H and O–H groups in total. The lowest BCUT2D eigenvalue weighted by Gasteiger charge is -2.38. The van der Waals surface area contributed by atoms with Gasteiger partial charge in [0.15, 0.2) is 0 Å². The van der Waals surface area contributed by atoms with E-state index in [2.05, 4.69) is 6.92 Å². The van der Waals surface area contributed by atoms with Crippen LogP contribution < -0.4 is 0 Å². The Bertz CT molecular complexity index is 259. The summed E-state index contributed by atoms with van der Waals surface area (Å²) in [4.78, 5) is 22.7. The molecule has 2 nitrogen and oxygen atoms in total. The molecule has 2 aliphatic rings. The van der Waals surface area contributed by atoms with Crippen LogP contribution >= 0.6 is 0 Å². The van der Waals surface area contributed by atoms with Crippen molar-refractivity contribution in [3.05, 3.63) is 0 Å². The third-order valence-corrected chi connectivity index (χ3v) is 4.32. The molecule has 2 rings (SSSR count). The molecule has 0 aromatic heterocycles. The Hall–Kier alpha value is -0.660. The Morgan fingerprint density at radius 1 is 1.43 bits per heavy atom. The second-order valence-electron chi connectivity index (χ2n) is 5.01. The van der Waals surface area contributed by atoms with Gasteiger partial charge in [-0.2, -0.15) is 0 Å². The molecule has 0 heterocycles. The van der Waals surface area contributed by atoms with E-state index in [0.717, 1.165) is 44.8 Å². The van der Waals surface area contributed by atoms with E-state index in [4.69, 9.17) is 0 Å².